The standard InChI is InChI=1S/C27H28N6O4/c1-3-25(35)28-20-5-4-6-22(15-20)37-26-23-16-36-17-24(23)30-27(31-26)29-19-7-9-21(10-8-19)33-13-11-32(12-14-33)18(2)34/h3-10,15H,1,11-14,16-17H2,2H3,(H,28,35)(H,29,30,31). The second kappa shape index (κ2) is 10.7. The van der Waals surface area contributed by atoms with E-state index >= 15 is 0 Å². The topological polar surface area (TPSA) is 109 Å². The van der Waals surface area contributed by atoms with Crippen molar-refractivity contribution in [2.45, 2.75) is 20.1 Å². The van der Waals surface area contributed by atoms with E-state index in [9.17, 15) is 9.59 Å². The van der Waals surface area contributed by atoms with Crippen LogP contribution in [0.3, 0.4) is 0 Å². The number of carbonyl (C=O) groups is 2. The van der Waals surface area contributed by atoms with E-state index in [-0.39, 0.29) is 11.8 Å². The highest BCUT2D eigenvalue weighted by Crippen LogP contribution is 2.33. The van der Waals surface area contributed by atoms with Crippen molar-refractivity contribution < 1.29 is 19.1 Å². The number of amides is 2. The van der Waals surface area contributed by atoms with Gasteiger partial charge in [-0.2, -0.15) is 4.98 Å². The molecule has 2 aromatic carbocycles. The number of benzene rings is 2. The average Bonchev–Trinajstić information content (AvgIpc) is 3.38. The van der Waals surface area contributed by atoms with Crippen LogP contribution in [0.2, 0.25) is 0 Å². The summed E-state index contributed by atoms with van der Waals surface area (Å²) in [5.74, 6) is 1.14. The molecule has 2 aliphatic heterocycles. The van der Waals surface area contributed by atoms with Crippen LogP contribution >= 0.6 is 0 Å². The van der Waals surface area contributed by atoms with Crippen LogP contribution < -0.4 is 20.3 Å². The van der Waals surface area contributed by atoms with E-state index in [1.807, 2.05) is 29.2 Å². The quantitative estimate of drug-likeness (QED) is 0.471. The lowest BCUT2D eigenvalue weighted by Gasteiger charge is -2.35. The number of aromatic nitrogens is 2. The van der Waals surface area contributed by atoms with Crippen molar-refractivity contribution in [1.82, 2.24) is 14.9 Å². The fraction of sp³-hybridized carbons (Fsp3) is 0.259. The van der Waals surface area contributed by atoms with E-state index in [1.165, 1.54) is 6.08 Å². The smallest absolute Gasteiger partial charge is 0.247 e. The molecule has 3 heterocycles. The molecule has 37 heavy (non-hydrogen) atoms. The summed E-state index contributed by atoms with van der Waals surface area (Å²) in [5.41, 5.74) is 4.09. The monoisotopic (exact) mass is 500 g/mol. The van der Waals surface area contributed by atoms with Gasteiger partial charge >= 0.3 is 0 Å². The second-order valence-electron chi connectivity index (χ2n) is 8.76. The summed E-state index contributed by atoms with van der Waals surface area (Å²) in [6, 6.07) is 15.1. The minimum Gasteiger partial charge on any atom is -0.438 e. The predicted molar refractivity (Wildman–Crippen MR) is 140 cm³/mol. The van der Waals surface area contributed by atoms with Gasteiger partial charge in [-0.15, -0.1) is 0 Å². The fourth-order valence-corrected chi connectivity index (χ4v) is 4.27. The van der Waals surface area contributed by atoms with Crippen LogP contribution in [0, 0.1) is 0 Å². The first-order chi connectivity index (χ1) is 18.0. The molecule has 190 valence electrons. The molecule has 0 atom stereocenters. The van der Waals surface area contributed by atoms with Gasteiger partial charge in [-0.1, -0.05) is 12.6 Å². The summed E-state index contributed by atoms with van der Waals surface area (Å²) in [4.78, 5) is 36.6. The lowest BCUT2D eigenvalue weighted by molar-refractivity contribution is -0.129. The molecule has 10 nitrogen and oxygen atoms in total. The van der Waals surface area contributed by atoms with Crippen LogP contribution in [-0.4, -0.2) is 52.9 Å². The number of ether oxygens (including phenoxy) is 2. The molecule has 2 N–H and O–H groups in total. The maximum absolute atomic E-state index is 11.6. The van der Waals surface area contributed by atoms with Gasteiger partial charge in [0.05, 0.1) is 24.5 Å². The molecule has 0 spiro atoms. The molecule has 3 aromatic rings. The Bertz CT molecular complexity index is 1320. The van der Waals surface area contributed by atoms with Crippen LogP contribution in [0.1, 0.15) is 18.2 Å². The molecule has 0 radical (unpaired) electrons. The maximum atomic E-state index is 11.6. The Labute approximate surface area is 214 Å². The Morgan fingerprint density at radius 2 is 1.81 bits per heavy atom. The van der Waals surface area contributed by atoms with Gasteiger partial charge in [0.2, 0.25) is 23.6 Å². The van der Waals surface area contributed by atoms with Crippen molar-refractivity contribution in [1.29, 1.82) is 0 Å². The Morgan fingerprint density at radius 3 is 2.54 bits per heavy atom. The molecule has 1 aromatic heterocycles. The number of nitrogens with zero attached hydrogens (tertiary/aromatic N) is 4. The van der Waals surface area contributed by atoms with Crippen molar-refractivity contribution in [2.24, 2.45) is 0 Å². The zero-order valence-electron chi connectivity index (χ0n) is 20.6. The third-order valence-corrected chi connectivity index (χ3v) is 6.26. The number of hydrogen-bond acceptors (Lipinski definition) is 8. The van der Waals surface area contributed by atoms with Crippen LogP contribution in [0.15, 0.2) is 61.2 Å². The molecule has 0 aliphatic carbocycles. The molecule has 0 bridgehead atoms. The summed E-state index contributed by atoms with van der Waals surface area (Å²) >= 11 is 0. The number of anilines is 4. The summed E-state index contributed by atoms with van der Waals surface area (Å²) in [7, 11) is 0. The number of hydrogen-bond donors (Lipinski definition) is 2. The van der Waals surface area contributed by atoms with Crippen LogP contribution in [-0.2, 0) is 27.5 Å². The van der Waals surface area contributed by atoms with Gasteiger partial charge in [-0.3, -0.25) is 9.59 Å². The van der Waals surface area contributed by atoms with Gasteiger partial charge in [0.15, 0.2) is 0 Å². The molecular formula is C27H28N6O4. The summed E-state index contributed by atoms with van der Waals surface area (Å²) < 4.78 is 11.7. The largest absolute Gasteiger partial charge is 0.438 e. The van der Waals surface area contributed by atoms with Gasteiger partial charge in [0.1, 0.15) is 5.75 Å². The van der Waals surface area contributed by atoms with Crippen molar-refractivity contribution >= 4 is 34.8 Å². The van der Waals surface area contributed by atoms with E-state index < -0.39 is 0 Å². The highest BCUT2D eigenvalue weighted by atomic mass is 16.5. The lowest BCUT2D eigenvalue weighted by atomic mass is 10.2. The molecule has 1 fully saturated rings. The fourth-order valence-electron chi connectivity index (χ4n) is 4.27. The van der Waals surface area contributed by atoms with E-state index in [2.05, 4.69) is 32.1 Å². The third kappa shape index (κ3) is 5.70. The minimum atomic E-state index is -0.302. The zero-order chi connectivity index (χ0) is 25.8. The Kier molecular flexibility index (Phi) is 7.00. The molecule has 2 amide bonds. The maximum Gasteiger partial charge on any atom is 0.247 e. The summed E-state index contributed by atoms with van der Waals surface area (Å²) in [5, 5.41) is 5.98. The highest BCUT2D eigenvalue weighted by Gasteiger charge is 2.22. The van der Waals surface area contributed by atoms with Gasteiger partial charge in [-0.25, -0.2) is 4.98 Å². The SMILES string of the molecule is C=CC(=O)Nc1cccc(Oc2nc(Nc3ccc(N4CCN(C(C)=O)CC4)cc3)nc3c2COC3)c1. The van der Waals surface area contributed by atoms with Crippen molar-refractivity contribution in [3.8, 4) is 11.6 Å². The summed E-state index contributed by atoms with van der Waals surface area (Å²) in [6.07, 6.45) is 1.21. The number of carbonyl (C=O) groups excluding carboxylic acids is 2. The molecule has 2 aliphatic rings. The third-order valence-electron chi connectivity index (χ3n) is 6.26. The van der Waals surface area contributed by atoms with Crippen molar-refractivity contribution in [2.75, 3.05) is 41.7 Å². The van der Waals surface area contributed by atoms with Crippen molar-refractivity contribution in [3.05, 3.63) is 72.4 Å². The molecule has 1 saturated heterocycles. The number of rotatable bonds is 7. The number of nitrogens with one attached hydrogen (secondary N) is 2. The predicted octanol–water partition coefficient (Wildman–Crippen LogP) is 3.84. The van der Waals surface area contributed by atoms with Crippen LogP contribution in [0.25, 0.3) is 0 Å². The van der Waals surface area contributed by atoms with Crippen molar-refractivity contribution in [3.63, 3.8) is 0 Å². The van der Waals surface area contributed by atoms with Gasteiger partial charge in [0.25, 0.3) is 0 Å². The van der Waals surface area contributed by atoms with Gasteiger partial charge in [-0.05, 0) is 42.5 Å². The Hall–Kier alpha value is -4.44. The van der Waals surface area contributed by atoms with E-state index in [4.69, 9.17) is 9.47 Å². The number of piperazine rings is 1. The highest BCUT2D eigenvalue weighted by molar-refractivity contribution is 5.98. The van der Waals surface area contributed by atoms with Crippen LogP contribution in [0.4, 0.5) is 23.0 Å². The molecule has 0 unspecified atom stereocenters. The van der Waals surface area contributed by atoms with Gasteiger partial charge < -0.3 is 29.9 Å². The van der Waals surface area contributed by atoms with E-state index in [1.54, 1.807) is 31.2 Å². The molecule has 10 heteroatoms. The average molecular weight is 501 g/mol. The second-order valence-corrected chi connectivity index (χ2v) is 8.76. The lowest BCUT2D eigenvalue weighted by Crippen LogP contribution is -2.48. The number of fused-ring (bicyclic) bond motifs is 1. The Morgan fingerprint density at radius 1 is 1.03 bits per heavy atom. The zero-order valence-corrected chi connectivity index (χ0v) is 20.6. The van der Waals surface area contributed by atoms with Gasteiger partial charge in [0, 0.05) is 56.2 Å². The Balaban J connectivity index is 1.30. The first kappa shape index (κ1) is 24.3. The van der Waals surface area contributed by atoms with Crippen LogP contribution in [0.5, 0.6) is 11.6 Å². The van der Waals surface area contributed by atoms with E-state index in [0.29, 0.717) is 36.5 Å². The first-order valence-corrected chi connectivity index (χ1v) is 12.0. The normalized spacial score (nSPS) is 14.6. The first-order valence-electron chi connectivity index (χ1n) is 12.0. The molecule has 0 saturated carbocycles. The van der Waals surface area contributed by atoms with E-state index in [0.717, 1.165) is 48.8 Å². The minimum absolute atomic E-state index is 0.120. The molecular weight excluding hydrogens is 472 g/mol. The summed E-state index contributed by atoms with van der Waals surface area (Å²) in [6.45, 7) is 8.89. The molecule has 5 rings (SSSR count).